The molecule has 70 valence electrons. The van der Waals surface area contributed by atoms with Crippen molar-refractivity contribution in [2.24, 2.45) is 0 Å². The van der Waals surface area contributed by atoms with Crippen LogP contribution in [0.1, 0.15) is 6.42 Å². The number of carbonyl (C=O) groups is 2. The van der Waals surface area contributed by atoms with E-state index in [2.05, 4.69) is 0 Å². The number of carboxylic acid groups (broad SMARTS) is 1. The van der Waals surface area contributed by atoms with Gasteiger partial charge in [-0.15, -0.1) is 0 Å². The molecule has 0 aliphatic heterocycles. The van der Waals surface area contributed by atoms with Crippen LogP contribution in [0.25, 0.3) is 0 Å². The molecular formula is C7H13NO4. The van der Waals surface area contributed by atoms with Crippen molar-refractivity contribution in [2.45, 2.75) is 6.42 Å². The van der Waals surface area contributed by atoms with Gasteiger partial charge in [-0.2, -0.15) is 0 Å². The largest absolute Gasteiger partial charge is 0.474 e. The summed E-state index contributed by atoms with van der Waals surface area (Å²) in [5.74, 6) is -2.30. The molecule has 5 nitrogen and oxygen atoms in total. The lowest BCUT2D eigenvalue weighted by Gasteiger charge is -2.13. The van der Waals surface area contributed by atoms with Crippen LogP contribution in [0.4, 0.5) is 0 Å². The number of carboxylic acids is 1. The van der Waals surface area contributed by atoms with Gasteiger partial charge < -0.3 is 14.7 Å². The zero-order valence-corrected chi connectivity index (χ0v) is 7.24. The van der Waals surface area contributed by atoms with E-state index in [1.54, 1.807) is 7.11 Å². The van der Waals surface area contributed by atoms with Gasteiger partial charge in [0.2, 0.25) is 0 Å². The standard InChI is InChI=1S/C7H13NO4/c1-8(4-3-5-12-2)6(9)7(10)11/h3-5H2,1-2H3,(H,10,11). The topological polar surface area (TPSA) is 66.8 Å². The summed E-state index contributed by atoms with van der Waals surface area (Å²) in [7, 11) is 3.01. The number of ether oxygens (including phenoxy) is 1. The van der Waals surface area contributed by atoms with E-state index < -0.39 is 11.9 Å². The van der Waals surface area contributed by atoms with Crippen LogP contribution < -0.4 is 0 Å². The molecule has 0 radical (unpaired) electrons. The number of likely N-dealkylation sites (N-methyl/N-ethyl adjacent to an activating group) is 1. The maximum absolute atomic E-state index is 10.7. The van der Waals surface area contributed by atoms with Crippen molar-refractivity contribution in [3.05, 3.63) is 0 Å². The second-order valence-electron chi connectivity index (χ2n) is 2.38. The Morgan fingerprint density at radius 1 is 1.50 bits per heavy atom. The molecular weight excluding hydrogens is 162 g/mol. The Hall–Kier alpha value is -1.10. The number of nitrogens with zero attached hydrogens (tertiary/aromatic N) is 1. The molecule has 0 saturated carbocycles. The highest BCUT2D eigenvalue weighted by Gasteiger charge is 2.15. The molecule has 0 saturated heterocycles. The van der Waals surface area contributed by atoms with Crippen LogP contribution in [0, 0.1) is 0 Å². The summed E-state index contributed by atoms with van der Waals surface area (Å²) in [6, 6.07) is 0. The average molecular weight is 175 g/mol. The predicted octanol–water partition coefficient (Wildman–Crippen LogP) is -0.434. The van der Waals surface area contributed by atoms with Crippen molar-refractivity contribution >= 4 is 11.9 Å². The fraction of sp³-hybridized carbons (Fsp3) is 0.714. The second-order valence-corrected chi connectivity index (χ2v) is 2.38. The lowest BCUT2D eigenvalue weighted by molar-refractivity contribution is -0.155. The SMILES string of the molecule is COCCCN(C)C(=O)C(=O)O. The number of hydrogen-bond donors (Lipinski definition) is 1. The molecule has 0 heterocycles. The summed E-state index contributed by atoms with van der Waals surface area (Å²) in [4.78, 5) is 22.0. The average Bonchev–Trinajstić information content (AvgIpc) is 2.03. The number of carbonyl (C=O) groups excluding carboxylic acids is 1. The van der Waals surface area contributed by atoms with E-state index in [1.165, 1.54) is 7.05 Å². The van der Waals surface area contributed by atoms with Gasteiger partial charge in [0, 0.05) is 27.3 Å². The van der Waals surface area contributed by atoms with E-state index in [0.29, 0.717) is 19.6 Å². The third kappa shape index (κ3) is 3.92. The van der Waals surface area contributed by atoms with Crippen LogP contribution in [0.3, 0.4) is 0 Å². The molecule has 0 aliphatic carbocycles. The van der Waals surface area contributed by atoms with Gasteiger partial charge in [0.1, 0.15) is 0 Å². The van der Waals surface area contributed by atoms with Crippen molar-refractivity contribution in [1.82, 2.24) is 4.90 Å². The molecule has 12 heavy (non-hydrogen) atoms. The lowest BCUT2D eigenvalue weighted by Crippen LogP contribution is -2.34. The number of rotatable bonds is 4. The molecule has 0 atom stereocenters. The van der Waals surface area contributed by atoms with Crippen LogP contribution in [0.2, 0.25) is 0 Å². The van der Waals surface area contributed by atoms with Gasteiger partial charge >= 0.3 is 11.9 Å². The van der Waals surface area contributed by atoms with Crippen molar-refractivity contribution in [1.29, 1.82) is 0 Å². The molecule has 0 unspecified atom stereocenters. The van der Waals surface area contributed by atoms with Crippen LogP contribution in [-0.2, 0) is 14.3 Å². The number of methoxy groups -OCH3 is 1. The highest BCUT2D eigenvalue weighted by atomic mass is 16.5. The van der Waals surface area contributed by atoms with Gasteiger partial charge in [-0.1, -0.05) is 0 Å². The van der Waals surface area contributed by atoms with E-state index in [1.807, 2.05) is 0 Å². The maximum Gasteiger partial charge on any atom is 0.394 e. The number of amides is 1. The van der Waals surface area contributed by atoms with E-state index in [0.717, 1.165) is 4.90 Å². The first kappa shape index (κ1) is 10.9. The summed E-state index contributed by atoms with van der Waals surface area (Å²) in [6.07, 6.45) is 0.645. The zero-order chi connectivity index (χ0) is 9.56. The highest BCUT2D eigenvalue weighted by Crippen LogP contribution is 1.89. The Morgan fingerprint density at radius 2 is 2.08 bits per heavy atom. The zero-order valence-electron chi connectivity index (χ0n) is 7.24. The Bertz CT molecular complexity index is 169. The normalized spacial score (nSPS) is 9.50. The fourth-order valence-corrected chi connectivity index (χ4v) is 0.711. The van der Waals surface area contributed by atoms with Gasteiger partial charge in [-0.3, -0.25) is 4.79 Å². The molecule has 0 aromatic carbocycles. The predicted molar refractivity (Wildman–Crippen MR) is 41.8 cm³/mol. The first-order valence-electron chi connectivity index (χ1n) is 3.57. The van der Waals surface area contributed by atoms with Gasteiger partial charge in [0.05, 0.1) is 0 Å². The summed E-state index contributed by atoms with van der Waals surface area (Å²) >= 11 is 0. The second kappa shape index (κ2) is 5.54. The molecule has 5 heteroatoms. The third-order valence-corrected chi connectivity index (χ3v) is 1.37. The van der Waals surface area contributed by atoms with Crippen molar-refractivity contribution < 1.29 is 19.4 Å². The minimum Gasteiger partial charge on any atom is -0.474 e. The van der Waals surface area contributed by atoms with E-state index in [4.69, 9.17) is 9.84 Å². The first-order valence-corrected chi connectivity index (χ1v) is 3.57. The van der Waals surface area contributed by atoms with E-state index in [-0.39, 0.29) is 0 Å². The highest BCUT2D eigenvalue weighted by molar-refractivity contribution is 6.31. The monoisotopic (exact) mass is 175 g/mol. The van der Waals surface area contributed by atoms with Crippen LogP contribution >= 0.6 is 0 Å². The van der Waals surface area contributed by atoms with Gasteiger partial charge in [0.25, 0.3) is 0 Å². The Labute approximate surface area is 70.9 Å². The minimum absolute atomic E-state index is 0.402. The van der Waals surface area contributed by atoms with Crippen molar-refractivity contribution in [2.75, 3.05) is 27.3 Å². The summed E-state index contributed by atoms with van der Waals surface area (Å²) in [6.45, 7) is 0.927. The summed E-state index contributed by atoms with van der Waals surface area (Å²) in [5.41, 5.74) is 0. The Kier molecular flexibility index (Phi) is 5.03. The van der Waals surface area contributed by atoms with Gasteiger partial charge in [0.15, 0.2) is 0 Å². The van der Waals surface area contributed by atoms with Crippen LogP contribution in [-0.4, -0.2) is 49.2 Å². The third-order valence-electron chi connectivity index (χ3n) is 1.37. The van der Waals surface area contributed by atoms with Crippen molar-refractivity contribution in [3.8, 4) is 0 Å². The molecule has 0 fully saturated rings. The molecule has 0 aromatic heterocycles. The van der Waals surface area contributed by atoms with Crippen LogP contribution in [0.5, 0.6) is 0 Å². The molecule has 0 spiro atoms. The maximum atomic E-state index is 10.7. The summed E-state index contributed by atoms with van der Waals surface area (Å²) < 4.78 is 4.75. The minimum atomic E-state index is -1.42. The van der Waals surface area contributed by atoms with E-state index >= 15 is 0 Å². The quantitative estimate of drug-likeness (QED) is 0.465. The Morgan fingerprint density at radius 3 is 2.50 bits per heavy atom. The van der Waals surface area contributed by atoms with Gasteiger partial charge in [-0.25, -0.2) is 4.79 Å². The molecule has 0 bridgehead atoms. The molecule has 1 amide bonds. The smallest absolute Gasteiger partial charge is 0.394 e. The lowest BCUT2D eigenvalue weighted by atomic mass is 10.4. The summed E-state index contributed by atoms with van der Waals surface area (Å²) in [5, 5.41) is 8.29. The fourth-order valence-electron chi connectivity index (χ4n) is 0.711. The van der Waals surface area contributed by atoms with E-state index in [9.17, 15) is 9.59 Å². The number of aliphatic carboxylic acids is 1. The molecule has 0 rings (SSSR count). The number of hydrogen-bond acceptors (Lipinski definition) is 3. The van der Waals surface area contributed by atoms with Crippen LogP contribution in [0.15, 0.2) is 0 Å². The van der Waals surface area contributed by atoms with Gasteiger partial charge in [-0.05, 0) is 6.42 Å². The molecule has 0 aromatic rings. The Balaban J connectivity index is 3.64. The molecule has 1 N–H and O–H groups in total. The van der Waals surface area contributed by atoms with Crippen molar-refractivity contribution in [3.63, 3.8) is 0 Å². The molecule has 0 aliphatic rings. The first-order chi connectivity index (χ1) is 5.59.